The van der Waals surface area contributed by atoms with Gasteiger partial charge < -0.3 is 4.74 Å². The van der Waals surface area contributed by atoms with Crippen LogP contribution in [0.3, 0.4) is 0 Å². The van der Waals surface area contributed by atoms with Gasteiger partial charge in [0.05, 0.1) is 11.0 Å². The molecular weight excluding hydrogens is 236 g/mol. The predicted molar refractivity (Wildman–Crippen MR) is 59.9 cm³/mol. The summed E-state index contributed by atoms with van der Waals surface area (Å²) >= 11 is 0. The lowest BCUT2D eigenvalue weighted by molar-refractivity contribution is 0.217. The van der Waals surface area contributed by atoms with Crippen LogP contribution in [0.25, 0.3) is 0 Å². The number of hydrogen-bond donors (Lipinski definition) is 0. The van der Waals surface area contributed by atoms with Crippen molar-refractivity contribution in [1.82, 2.24) is 0 Å². The quantitative estimate of drug-likeness (QED) is 0.770. The van der Waals surface area contributed by atoms with Gasteiger partial charge >= 0.3 is 0 Å². The first kappa shape index (κ1) is 12.3. The average molecular weight is 249 g/mol. The molecule has 0 aliphatic carbocycles. The molecule has 0 fully saturated rings. The summed E-state index contributed by atoms with van der Waals surface area (Å²) in [5.74, 6) is 0.520. The molecule has 1 atom stereocenters. The molecule has 3 nitrogen and oxygen atoms in total. The predicted octanol–water partition coefficient (Wildman–Crippen LogP) is 2.79. The van der Waals surface area contributed by atoms with Gasteiger partial charge in [-0.05, 0) is 25.5 Å². The topological polar surface area (TPSA) is 43.4 Å². The first-order valence-electron chi connectivity index (χ1n) is 4.65. The Morgan fingerprint density at radius 3 is 2.67 bits per heavy atom. The lowest BCUT2D eigenvalue weighted by atomic mass is 10.3. The Morgan fingerprint density at radius 2 is 2.13 bits per heavy atom. The Kier molecular flexibility index (Phi) is 3.99. The van der Waals surface area contributed by atoms with Gasteiger partial charge in [-0.1, -0.05) is 13.0 Å². The van der Waals surface area contributed by atoms with E-state index in [2.05, 4.69) is 0 Å². The van der Waals surface area contributed by atoms with Gasteiger partial charge in [0.15, 0.2) is 0 Å². The van der Waals surface area contributed by atoms with Crippen molar-refractivity contribution >= 4 is 19.7 Å². The molecule has 1 rings (SSSR count). The second kappa shape index (κ2) is 4.86. The summed E-state index contributed by atoms with van der Waals surface area (Å²) in [7, 11) is 1.54. The first-order chi connectivity index (χ1) is 6.93. The van der Waals surface area contributed by atoms with Crippen molar-refractivity contribution in [3.63, 3.8) is 0 Å². The molecule has 84 valence electrons. The summed E-state index contributed by atoms with van der Waals surface area (Å²) in [6, 6.07) is 6.17. The minimum Gasteiger partial charge on any atom is -0.491 e. The smallest absolute Gasteiger partial charge is 0.261 e. The van der Waals surface area contributed by atoms with E-state index in [-0.39, 0.29) is 11.0 Å². The molecule has 0 saturated heterocycles. The highest BCUT2D eigenvalue weighted by Gasteiger charge is 2.11. The third-order valence-electron chi connectivity index (χ3n) is 2.00. The Hall–Kier alpha value is -0.740. The minimum atomic E-state index is -3.68. The molecule has 0 bridgehead atoms. The van der Waals surface area contributed by atoms with E-state index in [0.717, 1.165) is 6.42 Å². The molecule has 0 aliphatic heterocycles. The minimum absolute atomic E-state index is 0.0540. The highest BCUT2D eigenvalue weighted by atomic mass is 35.7. The molecule has 0 saturated carbocycles. The van der Waals surface area contributed by atoms with Crippen LogP contribution in [0.15, 0.2) is 29.2 Å². The summed E-state index contributed by atoms with van der Waals surface area (Å²) in [6.45, 7) is 3.91. The lowest BCUT2D eigenvalue weighted by Crippen LogP contribution is -2.09. The van der Waals surface area contributed by atoms with Crippen LogP contribution in [-0.4, -0.2) is 14.5 Å². The number of hydrogen-bond acceptors (Lipinski definition) is 3. The summed E-state index contributed by atoms with van der Waals surface area (Å²) in [4.78, 5) is 0.0602. The molecule has 0 aromatic heterocycles. The maximum atomic E-state index is 11.1. The normalized spacial score (nSPS) is 13.5. The van der Waals surface area contributed by atoms with Gasteiger partial charge in [-0.3, -0.25) is 0 Å². The fourth-order valence-electron chi connectivity index (χ4n) is 1.01. The summed E-state index contributed by atoms with van der Waals surface area (Å²) < 4.78 is 27.6. The summed E-state index contributed by atoms with van der Waals surface area (Å²) in [6.07, 6.45) is 0.913. The van der Waals surface area contributed by atoms with Crippen LogP contribution in [0, 0.1) is 0 Å². The molecule has 15 heavy (non-hydrogen) atoms. The second-order valence-corrected chi connectivity index (χ2v) is 5.82. The van der Waals surface area contributed by atoms with Crippen molar-refractivity contribution in [2.24, 2.45) is 0 Å². The van der Waals surface area contributed by atoms with Crippen molar-refractivity contribution in [2.75, 3.05) is 0 Å². The summed E-state index contributed by atoms with van der Waals surface area (Å²) in [5, 5.41) is 0. The zero-order chi connectivity index (χ0) is 11.5. The standard InChI is InChI=1S/C10H13ClO3S/c1-3-8(2)14-9-5-4-6-10(7-9)15(11,12)13/h4-8H,3H2,1-2H3. The molecule has 1 aromatic carbocycles. The van der Waals surface area contributed by atoms with E-state index in [1.807, 2.05) is 13.8 Å². The van der Waals surface area contributed by atoms with E-state index in [0.29, 0.717) is 5.75 Å². The maximum Gasteiger partial charge on any atom is 0.261 e. The molecule has 0 N–H and O–H groups in total. The lowest BCUT2D eigenvalue weighted by Gasteiger charge is -2.12. The van der Waals surface area contributed by atoms with Crippen LogP contribution in [0.2, 0.25) is 0 Å². The third kappa shape index (κ3) is 3.72. The number of rotatable bonds is 4. The number of benzene rings is 1. The maximum absolute atomic E-state index is 11.1. The molecular formula is C10H13ClO3S. The van der Waals surface area contributed by atoms with Crippen molar-refractivity contribution < 1.29 is 13.2 Å². The van der Waals surface area contributed by atoms with E-state index in [4.69, 9.17) is 15.4 Å². The van der Waals surface area contributed by atoms with Crippen molar-refractivity contribution in [2.45, 2.75) is 31.3 Å². The average Bonchev–Trinajstić information content (AvgIpc) is 2.17. The van der Waals surface area contributed by atoms with E-state index in [9.17, 15) is 8.42 Å². The van der Waals surface area contributed by atoms with Crippen LogP contribution < -0.4 is 4.74 Å². The van der Waals surface area contributed by atoms with E-state index < -0.39 is 9.05 Å². The molecule has 0 amide bonds. The fraction of sp³-hybridized carbons (Fsp3) is 0.400. The highest BCUT2D eigenvalue weighted by molar-refractivity contribution is 8.13. The molecule has 0 radical (unpaired) electrons. The van der Waals surface area contributed by atoms with Crippen LogP contribution >= 0.6 is 10.7 Å². The largest absolute Gasteiger partial charge is 0.491 e. The van der Waals surface area contributed by atoms with Gasteiger partial charge in [0.2, 0.25) is 0 Å². The van der Waals surface area contributed by atoms with Gasteiger partial charge in [0.1, 0.15) is 5.75 Å². The SMILES string of the molecule is CCC(C)Oc1cccc(S(=O)(=O)Cl)c1. The van der Waals surface area contributed by atoms with Crippen LogP contribution in [0.5, 0.6) is 5.75 Å². The second-order valence-electron chi connectivity index (χ2n) is 3.25. The Morgan fingerprint density at radius 1 is 1.47 bits per heavy atom. The molecule has 0 heterocycles. The fourth-order valence-corrected chi connectivity index (χ4v) is 1.80. The van der Waals surface area contributed by atoms with Crippen LogP contribution in [0.1, 0.15) is 20.3 Å². The Bertz CT molecular complexity index is 428. The van der Waals surface area contributed by atoms with Gasteiger partial charge in [-0.25, -0.2) is 8.42 Å². The number of halogens is 1. The Balaban J connectivity index is 2.94. The van der Waals surface area contributed by atoms with Gasteiger partial charge in [-0.2, -0.15) is 0 Å². The molecule has 1 aromatic rings. The van der Waals surface area contributed by atoms with E-state index in [1.54, 1.807) is 12.1 Å². The van der Waals surface area contributed by atoms with Gasteiger partial charge in [0.25, 0.3) is 9.05 Å². The molecule has 0 aliphatic rings. The number of ether oxygens (including phenoxy) is 1. The molecule has 5 heteroatoms. The zero-order valence-electron chi connectivity index (χ0n) is 8.60. The zero-order valence-corrected chi connectivity index (χ0v) is 10.2. The van der Waals surface area contributed by atoms with Crippen molar-refractivity contribution in [1.29, 1.82) is 0 Å². The summed E-state index contributed by atoms with van der Waals surface area (Å²) in [5.41, 5.74) is 0. The first-order valence-corrected chi connectivity index (χ1v) is 6.96. The van der Waals surface area contributed by atoms with E-state index >= 15 is 0 Å². The van der Waals surface area contributed by atoms with Gasteiger partial charge in [0, 0.05) is 16.7 Å². The van der Waals surface area contributed by atoms with Gasteiger partial charge in [-0.15, -0.1) is 0 Å². The highest BCUT2D eigenvalue weighted by Crippen LogP contribution is 2.21. The molecule has 1 unspecified atom stereocenters. The molecule has 0 spiro atoms. The monoisotopic (exact) mass is 248 g/mol. The third-order valence-corrected chi connectivity index (χ3v) is 3.35. The van der Waals surface area contributed by atoms with Crippen molar-refractivity contribution in [3.8, 4) is 5.75 Å². The Labute approximate surface area is 94.4 Å². The van der Waals surface area contributed by atoms with E-state index in [1.165, 1.54) is 12.1 Å². The van der Waals surface area contributed by atoms with Crippen LogP contribution in [0.4, 0.5) is 0 Å². The van der Waals surface area contributed by atoms with Crippen molar-refractivity contribution in [3.05, 3.63) is 24.3 Å². The van der Waals surface area contributed by atoms with Crippen LogP contribution in [-0.2, 0) is 9.05 Å².